The van der Waals surface area contributed by atoms with Crippen LogP contribution in [0, 0.1) is 11.3 Å². The average Bonchev–Trinajstić information content (AvgIpc) is 2.61. The van der Waals surface area contributed by atoms with E-state index in [1.54, 1.807) is 13.0 Å². The first-order chi connectivity index (χ1) is 7.03. The molecule has 1 aromatic carbocycles. The predicted molar refractivity (Wildman–Crippen MR) is 61.1 cm³/mol. The summed E-state index contributed by atoms with van der Waals surface area (Å²) in [7, 11) is 0. The van der Waals surface area contributed by atoms with Crippen LogP contribution in [-0.2, 0) is 5.54 Å². The third kappa shape index (κ3) is 1.76. The first kappa shape index (κ1) is 10.2. The second-order valence-electron chi connectivity index (χ2n) is 3.61. The van der Waals surface area contributed by atoms with Crippen LogP contribution in [0.25, 0.3) is 11.0 Å². The lowest BCUT2D eigenvalue weighted by atomic mass is 10.0. The van der Waals surface area contributed by atoms with E-state index in [9.17, 15) is 0 Å². The highest BCUT2D eigenvalue weighted by molar-refractivity contribution is 9.10. The number of nitrogens with two attached hydrogens (primary N) is 1. The second kappa shape index (κ2) is 3.37. The van der Waals surface area contributed by atoms with Gasteiger partial charge in [0.15, 0.2) is 5.54 Å². The lowest BCUT2D eigenvalue weighted by Gasteiger charge is -2.10. The van der Waals surface area contributed by atoms with E-state index in [0.717, 1.165) is 15.4 Å². The van der Waals surface area contributed by atoms with Crippen molar-refractivity contribution >= 4 is 26.9 Å². The molecule has 0 fully saturated rings. The zero-order valence-electron chi connectivity index (χ0n) is 8.12. The van der Waals surface area contributed by atoms with Crippen molar-refractivity contribution in [1.29, 1.82) is 5.26 Å². The van der Waals surface area contributed by atoms with Crippen LogP contribution in [-0.4, -0.2) is 0 Å². The monoisotopic (exact) mass is 264 g/mol. The van der Waals surface area contributed by atoms with Crippen LogP contribution >= 0.6 is 15.9 Å². The standard InChI is InChI=1S/C11H9BrN2O/c1-11(14,6-13)10-5-7-4-8(12)2-3-9(7)15-10/h2-5H,14H2,1H3. The van der Waals surface area contributed by atoms with Crippen molar-refractivity contribution in [3.8, 4) is 6.07 Å². The normalized spacial score (nSPS) is 14.8. The largest absolute Gasteiger partial charge is 0.458 e. The first-order valence-electron chi connectivity index (χ1n) is 4.42. The van der Waals surface area contributed by atoms with E-state index >= 15 is 0 Å². The van der Waals surface area contributed by atoms with Gasteiger partial charge in [-0.3, -0.25) is 0 Å². The van der Waals surface area contributed by atoms with Crippen LogP contribution in [0.3, 0.4) is 0 Å². The van der Waals surface area contributed by atoms with E-state index in [0.29, 0.717) is 5.76 Å². The van der Waals surface area contributed by atoms with Gasteiger partial charge >= 0.3 is 0 Å². The van der Waals surface area contributed by atoms with Gasteiger partial charge in [0.1, 0.15) is 11.3 Å². The fraction of sp³-hybridized carbons (Fsp3) is 0.182. The van der Waals surface area contributed by atoms with Gasteiger partial charge in [0.2, 0.25) is 0 Å². The van der Waals surface area contributed by atoms with Crippen LogP contribution in [0.15, 0.2) is 33.2 Å². The number of benzene rings is 1. The van der Waals surface area contributed by atoms with E-state index in [-0.39, 0.29) is 0 Å². The van der Waals surface area contributed by atoms with Gasteiger partial charge in [-0.25, -0.2) is 0 Å². The minimum absolute atomic E-state index is 0.484. The number of hydrogen-bond donors (Lipinski definition) is 1. The third-order valence-electron chi connectivity index (χ3n) is 2.22. The van der Waals surface area contributed by atoms with Crippen molar-refractivity contribution in [2.75, 3.05) is 0 Å². The molecule has 0 aliphatic rings. The molecule has 4 heteroatoms. The van der Waals surface area contributed by atoms with E-state index in [1.165, 1.54) is 0 Å². The van der Waals surface area contributed by atoms with E-state index in [1.807, 2.05) is 24.3 Å². The molecule has 2 aromatic rings. The molecule has 0 saturated heterocycles. The zero-order valence-corrected chi connectivity index (χ0v) is 9.71. The molecule has 0 saturated carbocycles. The molecule has 1 aromatic heterocycles. The van der Waals surface area contributed by atoms with E-state index < -0.39 is 5.54 Å². The Morgan fingerprint density at radius 1 is 1.47 bits per heavy atom. The van der Waals surface area contributed by atoms with Gasteiger partial charge in [0.05, 0.1) is 6.07 Å². The highest BCUT2D eigenvalue weighted by atomic mass is 79.9. The van der Waals surface area contributed by atoms with E-state index in [2.05, 4.69) is 15.9 Å². The number of rotatable bonds is 1. The maximum atomic E-state index is 8.88. The molecule has 15 heavy (non-hydrogen) atoms. The quantitative estimate of drug-likeness (QED) is 0.862. The minimum Gasteiger partial charge on any atom is -0.458 e. The first-order valence-corrected chi connectivity index (χ1v) is 5.22. The summed E-state index contributed by atoms with van der Waals surface area (Å²) in [5.74, 6) is 0.484. The number of nitrogens with zero attached hydrogens (tertiary/aromatic N) is 1. The van der Waals surface area contributed by atoms with Crippen molar-refractivity contribution < 1.29 is 4.42 Å². The predicted octanol–water partition coefficient (Wildman–Crippen LogP) is 2.89. The van der Waals surface area contributed by atoms with Gasteiger partial charge in [-0.05, 0) is 31.2 Å². The molecule has 0 radical (unpaired) electrons. The number of fused-ring (bicyclic) bond motifs is 1. The van der Waals surface area contributed by atoms with Crippen molar-refractivity contribution in [3.63, 3.8) is 0 Å². The SMILES string of the molecule is CC(N)(C#N)c1cc2cc(Br)ccc2o1. The average molecular weight is 265 g/mol. The molecule has 3 nitrogen and oxygen atoms in total. The van der Waals surface area contributed by atoms with Crippen molar-refractivity contribution in [2.45, 2.75) is 12.5 Å². The van der Waals surface area contributed by atoms with Gasteiger partial charge in [0.25, 0.3) is 0 Å². The van der Waals surface area contributed by atoms with Gasteiger partial charge in [-0.15, -0.1) is 0 Å². The number of nitriles is 1. The van der Waals surface area contributed by atoms with Gasteiger partial charge in [-0.2, -0.15) is 5.26 Å². The summed E-state index contributed by atoms with van der Waals surface area (Å²) >= 11 is 3.37. The van der Waals surface area contributed by atoms with Crippen LogP contribution < -0.4 is 5.73 Å². The van der Waals surface area contributed by atoms with Crippen molar-refractivity contribution in [1.82, 2.24) is 0 Å². The highest BCUT2D eigenvalue weighted by Gasteiger charge is 2.24. The maximum Gasteiger partial charge on any atom is 0.159 e. The Bertz CT molecular complexity index is 551. The molecule has 0 aliphatic heterocycles. The van der Waals surface area contributed by atoms with Gasteiger partial charge in [0, 0.05) is 9.86 Å². The summed E-state index contributed by atoms with van der Waals surface area (Å²) < 4.78 is 6.48. The minimum atomic E-state index is -1.08. The Morgan fingerprint density at radius 3 is 2.87 bits per heavy atom. The molecule has 0 amide bonds. The molecular weight excluding hydrogens is 256 g/mol. The molecule has 0 aliphatic carbocycles. The Hall–Kier alpha value is -1.31. The van der Waals surface area contributed by atoms with Crippen LogP contribution in [0.1, 0.15) is 12.7 Å². The number of hydrogen-bond acceptors (Lipinski definition) is 3. The zero-order chi connectivity index (χ0) is 11.1. The summed E-state index contributed by atoms with van der Waals surface area (Å²) in [6.07, 6.45) is 0. The maximum absolute atomic E-state index is 8.88. The van der Waals surface area contributed by atoms with Crippen LogP contribution in [0.5, 0.6) is 0 Å². The topological polar surface area (TPSA) is 63.0 Å². The Kier molecular flexibility index (Phi) is 2.29. The molecule has 0 bridgehead atoms. The van der Waals surface area contributed by atoms with E-state index in [4.69, 9.17) is 15.4 Å². The Labute approximate surface area is 95.6 Å². The van der Waals surface area contributed by atoms with Gasteiger partial charge < -0.3 is 10.2 Å². The summed E-state index contributed by atoms with van der Waals surface area (Å²) in [6.45, 7) is 1.62. The molecule has 1 atom stereocenters. The smallest absolute Gasteiger partial charge is 0.159 e. The third-order valence-corrected chi connectivity index (χ3v) is 2.72. The van der Waals surface area contributed by atoms with Gasteiger partial charge in [-0.1, -0.05) is 15.9 Å². The Balaban J connectivity index is 2.63. The summed E-state index contributed by atoms with van der Waals surface area (Å²) in [5.41, 5.74) is 5.43. The molecule has 2 rings (SSSR count). The second-order valence-corrected chi connectivity index (χ2v) is 4.52. The number of furan rings is 1. The molecule has 76 valence electrons. The lowest BCUT2D eigenvalue weighted by Crippen LogP contribution is -2.30. The van der Waals surface area contributed by atoms with Crippen LogP contribution in [0.4, 0.5) is 0 Å². The van der Waals surface area contributed by atoms with Crippen molar-refractivity contribution in [2.24, 2.45) is 5.73 Å². The summed E-state index contributed by atoms with van der Waals surface area (Å²) in [4.78, 5) is 0. The molecule has 1 unspecified atom stereocenters. The molecule has 2 N–H and O–H groups in total. The summed E-state index contributed by atoms with van der Waals surface area (Å²) in [6, 6.07) is 9.46. The number of halogens is 1. The summed E-state index contributed by atoms with van der Waals surface area (Å²) in [5, 5.41) is 9.82. The highest BCUT2D eigenvalue weighted by Crippen LogP contribution is 2.27. The molecule has 1 heterocycles. The lowest BCUT2D eigenvalue weighted by molar-refractivity contribution is 0.456. The molecular formula is C11H9BrN2O. The Morgan fingerprint density at radius 2 is 2.20 bits per heavy atom. The fourth-order valence-corrected chi connectivity index (χ4v) is 1.70. The molecule has 0 spiro atoms. The van der Waals surface area contributed by atoms with Crippen molar-refractivity contribution in [3.05, 3.63) is 34.5 Å². The van der Waals surface area contributed by atoms with Crippen LogP contribution in [0.2, 0.25) is 0 Å². The fourth-order valence-electron chi connectivity index (χ4n) is 1.33.